The molecule has 7 nitrogen and oxygen atoms in total. The number of imidazole rings is 1. The lowest BCUT2D eigenvalue weighted by molar-refractivity contribution is -0.111. The standard InChI is InChI=1S/C12H23N3O4S2Si/c1-17-22(18-2,19-3)6-4-5-20-21-12(16)11(13)7-10-8-14-9-15-10/h8-9,11H,4-7,13H2,1-3H3,(H,14,15)/t11-/m0/s1. The molecule has 0 radical (unpaired) electrons. The van der Waals surface area contributed by atoms with Gasteiger partial charge in [-0.2, -0.15) is 0 Å². The number of hydrogen-bond donors (Lipinski definition) is 2. The first-order chi connectivity index (χ1) is 10.6. The lowest BCUT2D eigenvalue weighted by atomic mass is 10.2. The topological polar surface area (TPSA) is 99.5 Å². The summed E-state index contributed by atoms with van der Waals surface area (Å²) < 4.78 is 16.0. The highest BCUT2D eigenvalue weighted by molar-refractivity contribution is 8.82. The van der Waals surface area contributed by atoms with Crippen LogP contribution in [0.15, 0.2) is 12.5 Å². The predicted molar refractivity (Wildman–Crippen MR) is 91.5 cm³/mol. The molecule has 10 heteroatoms. The summed E-state index contributed by atoms with van der Waals surface area (Å²) in [5.74, 6) is 0.804. The van der Waals surface area contributed by atoms with Gasteiger partial charge in [-0.05, 0) is 17.2 Å². The van der Waals surface area contributed by atoms with Crippen LogP contribution in [0, 0.1) is 0 Å². The average molecular weight is 366 g/mol. The van der Waals surface area contributed by atoms with Crippen molar-refractivity contribution in [1.29, 1.82) is 0 Å². The molecule has 0 aromatic carbocycles. The van der Waals surface area contributed by atoms with Crippen molar-refractivity contribution in [1.82, 2.24) is 9.97 Å². The molecule has 0 spiro atoms. The van der Waals surface area contributed by atoms with Gasteiger partial charge in [0.15, 0.2) is 0 Å². The van der Waals surface area contributed by atoms with Crippen LogP contribution in [0.4, 0.5) is 0 Å². The highest BCUT2D eigenvalue weighted by atomic mass is 33.1. The molecule has 0 aliphatic heterocycles. The first kappa shape index (κ1) is 19.7. The number of aromatic nitrogens is 2. The molecule has 0 fully saturated rings. The van der Waals surface area contributed by atoms with Gasteiger partial charge in [-0.15, -0.1) is 0 Å². The number of nitrogens with one attached hydrogen (secondary N) is 1. The fourth-order valence-corrected chi connectivity index (χ4v) is 5.75. The summed E-state index contributed by atoms with van der Waals surface area (Å²) in [5, 5.41) is -0.0340. The molecule has 1 atom stereocenters. The molecule has 126 valence electrons. The Kier molecular flexibility index (Phi) is 9.32. The first-order valence-corrected chi connectivity index (χ1v) is 11.0. The van der Waals surface area contributed by atoms with Gasteiger partial charge < -0.3 is 24.0 Å². The van der Waals surface area contributed by atoms with E-state index >= 15 is 0 Å². The Balaban J connectivity index is 2.19. The van der Waals surface area contributed by atoms with Gasteiger partial charge in [0.2, 0.25) is 5.12 Å². The quantitative estimate of drug-likeness (QED) is 0.345. The Bertz CT molecular complexity index is 424. The summed E-state index contributed by atoms with van der Waals surface area (Å²) in [6, 6.07) is 0.196. The van der Waals surface area contributed by atoms with Crippen molar-refractivity contribution >= 4 is 35.5 Å². The molecule has 1 rings (SSSR count). The third kappa shape index (κ3) is 6.40. The van der Waals surface area contributed by atoms with Crippen LogP contribution in [0.25, 0.3) is 0 Å². The molecule has 0 aliphatic carbocycles. The van der Waals surface area contributed by atoms with Gasteiger partial charge in [-0.25, -0.2) is 4.98 Å². The molecule has 0 saturated carbocycles. The molecule has 3 N–H and O–H groups in total. The second-order valence-electron chi connectivity index (χ2n) is 4.51. The van der Waals surface area contributed by atoms with Gasteiger partial charge in [0.1, 0.15) is 0 Å². The van der Waals surface area contributed by atoms with Crippen LogP contribution >= 0.6 is 21.6 Å². The van der Waals surface area contributed by atoms with Gasteiger partial charge in [-0.3, -0.25) is 4.79 Å². The molecule has 0 saturated heterocycles. The number of H-pyrrole nitrogens is 1. The van der Waals surface area contributed by atoms with Crippen LogP contribution in [0.3, 0.4) is 0 Å². The van der Waals surface area contributed by atoms with Crippen molar-refractivity contribution in [3.8, 4) is 0 Å². The van der Waals surface area contributed by atoms with E-state index in [4.69, 9.17) is 19.0 Å². The maximum atomic E-state index is 11.9. The largest absolute Gasteiger partial charge is 0.500 e. The van der Waals surface area contributed by atoms with E-state index in [9.17, 15) is 4.79 Å². The van der Waals surface area contributed by atoms with E-state index in [1.54, 1.807) is 33.9 Å². The van der Waals surface area contributed by atoms with Crippen molar-refractivity contribution in [2.24, 2.45) is 5.73 Å². The number of aromatic amines is 1. The minimum atomic E-state index is -2.50. The van der Waals surface area contributed by atoms with Gasteiger partial charge in [-0.1, -0.05) is 10.8 Å². The van der Waals surface area contributed by atoms with E-state index in [1.807, 2.05) is 0 Å². The van der Waals surface area contributed by atoms with Crippen LogP contribution in [-0.4, -0.2) is 57.0 Å². The monoisotopic (exact) mass is 365 g/mol. The Morgan fingerprint density at radius 2 is 2.09 bits per heavy atom. The SMILES string of the molecule is CO[Si](CCCSSC(=O)[C@@H](N)Cc1cnc[nH]1)(OC)OC. The Morgan fingerprint density at radius 1 is 1.41 bits per heavy atom. The zero-order valence-electron chi connectivity index (χ0n) is 13.0. The third-order valence-corrected chi connectivity index (χ3v) is 8.30. The highest BCUT2D eigenvalue weighted by Gasteiger charge is 2.36. The zero-order chi connectivity index (χ0) is 16.4. The molecule has 0 aliphatic rings. The average Bonchev–Trinajstić information content (AvgIpc) is 3.04. The molecule has 0 unspecified atom stereocenters. The number of nitrogens with two attached hydrogens (primary N) is 1. The Hall–Kier alpha value is -0.363. The smallest absolute Gasteiger partial charge is 0.377 e. The molecule has 1 aromatic rings. The summed E-state index contributed by atoms with van der Waals surface area (Å²) in [4.78, 5) is 18.8. The summed E-state index contributed by atoms with van der Waals surface area (Å²) in [7, 11) is 4.97. The second-order valence-corrected chi connectivity index (χ2v) is 10.0. The fourth-order valence-electron chi connectivity index (χ4n) is 1.78. The molecule has 1 aromatic heterocycles. The van der Waals surface area contributed by atoms with Gasteiger partial charge >= 0.3 is 8.80 Å². The Morgan fingerprint density at radius 3 is 2.64 bits per heavy atom. The van der Waals surface area contributed by atoms with E-state index in [1.165, 1.54) is 21.6 Å². The van der Waals surface area contributed by atoms with Crippen LogP contribution in [0.1, 0.15) is 12.1 Å². The Labute approximate surface area is 139 Å². The molecule has 1 heterocycles. The molecular weight excluding hydrogens is 342 g/mol. The van der Waals surface area contributed by atoms with Crippen molar-refractivity contribution in [2.45, 2.75) is 24.9 Å². The van der Waals surface area contributed by atoms with Crippen molar-refractivity contribution < 1.29 is 18.1 Å². The molecular formula is C12H23N3O4S2Si. The normalized spacial score (nSPS) is 13.3. The van der Waals surface area contributed by atoms with E-state index < -0.39 is 14.8 Å². The van der Waals surface area contributed by atoms with Crippen LogP contribution < -0.4 is 5.73 Å². The highest BCUT2D eigenvalue weighted by Crippen LogP contribution is 2.26. The second kappa shape index (κ2) is 10.4. The lowest BCUT2D eigenvalue weighted by Crippen LogP contribution is -2.42. The zero-order valence-corrected chi connectivity index (χ0v) is 15.7. The minimum absolute atomic E-state index is 0.0340. The van der Waals surface area contributed by atoms with Crippen molar-refractivity contribution in [2.75, 3.05) is 27.1 Å². The predicted octanol–water partition coefficient (Wildman–Crippen LogP) is 1.46. The summed E-state index contributed by atoms with van der Waals surface area (Å²) in [6.45, 7) is 0. The van der Waals surface area contributed by atoms with Crippen LogP contribution in [-0.2, 0) is 24.5 Å². The van der Waals surface area contributed by atoms with E-state index in [0.29, 0.717) is 6.42 Å². The number of rotatable bonds is 11. The number of carbonyl (C=O) groups is 1. The van der Waals surface area contributed by atoms with E-state index in [0.717, 1.165) is 23.9 Å². The fraction of sp³-hybridized carbons (Fsp3) is 0.667. The van der Waals surface area contributed by atoms with E-state index in [2.05, 4.69) is 9.97 Å². The van der Waals surface area contributed by atoms with Crippen molar-refractivity contribution in [3.05, 3.63) is 18.2 Å². The lowest BCUT2D eigenvalue weighted by Gasteiger charge is -2.24. The molecule has 0 amide bonds. The molecule has 0 bridgehead atoms. The first-order valence-electron chi connectivity index (χ1n) is 6.78. The number of nitrogens with zero attached hydrogens (tertiary/aromatic N) is 1. The number of hydrogen-bond acceptors (Lipinski definition) is 8. The maximum Gasteiger partial charge on any atom is 0.500 e. The van der Waals surface area contributed by atoms with Gasteiger partial charge in [0, 0.05) is 51.4 Å². The maximum absolute atomic E-state index is 11.9. The van der Waals surface area contributed by atoms with Gasteiger partial charge in [0.25, 0.3) is 0 Å². The van der Waals surface area contributed by atoms with E-state index in [-0.39, 0.29) is 5.12 Å². The third-order valence-electron chi connectivity index (χ3n) is 3.08. The minimum Gasteiger partial charge on any atom is -0.377 e. The summed E-state index contributed by atoms with van der Waals surface area (Å²) in [5.41, 5.74) is 6.74. The summed E-state index contributed by atoms with van der Waals surface area (Å²) in [6.07, 6.45) is 4.57. The number of carbonyl (C=O) groups excluding carboxylic acids is 1. The van der Waals surface area contributed by atoms with Gasteiger partial charge in [0.05, 0.1) is 12.4 Å². The van der Waals surface area contributed by atoms with Crippen LogP contribution in [0.2, 0.25) is 6.04 Å². The van der Waals surface area contributed by atoms with Crippen LogP contribution in [0.5, 0.6) is 0 Å². The molecule has 22 heavy (non-hydrogen) atoms. The van der Waals surface area contributed by atoms with Crippen molar-refractivity contribution in [3.63, 3.8) is 0 Å². The summed E-state index contributed by atoms with van der Waals surface area (Å²) >= 11 is 0.